The first-order valence-corrected chi connectivity index (χ1v) is 6.60. The number of hydrogen-bond donors (Lipinski definition) is 1. The first-order valence-electron chi connectivity index (χ1n) is 6.60. The molecule has 0 fully saturated rings. The van der Waals surface area contributed by atoms with Crippen LogP contribution in [-0.4, -0.2) is 34.2 Å². The summed E-state index contributed by atoms with van der Waals surface area (Å²) >= 11 is 0. The molecule has 1 atom stereocenters. The van der Waals surface area contributed by atoms with E-state index in [1.807, 2.05) is 0 Å². The molecular formula is C13H23N3. The second-order valence-corrected chi connectivity index (χ2v) is 4.79. The van der Waals surface area contributed by atoms with E-state index in [2.05, 4.69) is 35.1 Å². The predicted octanol–water partition coefficient (Wildman–Crippen LogP) is 2.39. The van der Waals surface area contributed by atoms with E-state index in [0.717, 1.165) is 12.5 Å². The molecule has 2 rings (SSSR count). The minimum atomic E-state index is 0.718. The standard InChI is InChI=1S/C13H23N3/c1-3-7-16(8-4-2)12-6-5-11-10-14-15-13(11)9-12/h10,12H,3-9H2,1-2H3,(H,14,15). The Hall–Kier alpha value is -0.830. The van der Waals surface area contributed by atoms with E-state index in [4.69, 9.17) is 0 Å². The van der Waals surface area contributed by atoms with Crippen LogP contribution in [-0.2, 0) is 12.8 Å². The minimum absolute atomic E-state index is 0.718. The Labute approximate surface area is 98.2 Å². The molecule has 1 aromatic rings. The summed E-state index contributed by atoms with van der Waals surface area (Å²) in [6.07, 6.45) is 8.20. The van der Waals surface area contributed by atoms with Gasteiger partial charge in [-0.2, -0.15) is 5.10 Å². The monoisotopic (exact) mass is 221 g/mol. The van der Waals surface area contributed by atoms with E-state index in [0.29, 0.717) is 0 Å². The average Bonchev–Trinajstić information content (AvgIpc) is 2.75. The highest BCUT2D eigenvalue weighted by atomic mass is 15.2. The number of aryl methyl sites for hydroxylation is 1. The second-order valence-electron chi connectivity index (χ2n) is 4.79. The Morgan fingerprint density at radius 3 is 2.81 bits per heavy atom. The van der Waals surface area contributed by atoms with E-state index in [9.17, 15) is 0 Å². The molecule has 16 heavy (non-hydrogen) atoms. The van der Waals surface area contributed by atoms with Gasteiger partial charge in [-0.1, -0.05) is 13.8 Å². The highest BCUT2D eigenvalue weighted by Gasteiger charge is 2.24. The van der Waals surface area contributed by atoms with E-state index < -0.39 is 0 Å². The van der Waals surface area contributed by atoms with Crippen molar-refractivity contribution in [1.82, 2.24) is 15.1 Å². The van der Waals surface area contributed by atoms with Gasteiger partial charge in [0.05, 0.1) is 5.69 Å². The number of hydrogen-bond acceptors (Lipinski definition) is 2. The van der Waals surface area contributed by atoms with Crippen LogP contribution in [0.2, 0.25) is 0 Å². The van der Waals surface area contributed by atoms with Crippen LogP contribution >= 0.6 is 0 Å². The van der Waals surface area contributed by atoms with Gasteiger partial charge in [-0.25, -0.2) is 0 Å². The third-order valence-corrected chi connectivity index (χ3v) is 3.52. The van der Waals surface area contributed by atoms with Gasteiger partial charge in [0.15, 0.2) is 0 Å². The van der Waals surface area contributed by atoms with Crippen molar-refractivity contribution in [2.24, 2.45) is 0 Å². The lowest BCUT2D eigenvalue weighted by molar-refractivity contribution is 0.179. The first kappa shape index (κ1) is 11.6. The van der Waals surface area contributed by atoms with E-state index in [1.165, 1.54) is 50.0 Å². The Kier molecular flexibility index (Phi) is 3.99. The van der Waals surface area contributed by atoms with E-state index >= 15 is 0 Å². The molecule has 3 nitrogen and oxygen atoms in total. The normalized spacial score (nSPS) is 20.1. The fraction of sp³-hybridized carbons (Fsp3) is 0.769. The van der Waals surface area contributed by atoms with Gasteiger partial charge >= 0.3 is 0 Å². The minimum Gasteiger partial charge on any atom is -0.300 e. The molecule has 0 aliphatic heterocycles. The van der Waals surface area contributed by atoms with Crippen molar-refractivity contribution in [2.45, 2.75) is 52.0 Å². The van der Waals surface area contributed by atoms with Crippen molar-refractivity contribution < 1.29 is 0 Å². The molecule has 1 aliphatic rings. The number of fused-ring (bicyclic) bond motifs is 1. The first-order chi connectivity index (χ1) is 7.85. The van der Waals surface area contributed by atoms with E-state index in [1.54, 1.807) is 0 Å². The van der Waals surface area contributed by atoms with Crippen LogP contribution in [0.4, 0.5) is 0 Å². The molecule has 3 heteroatoms. The topological polar surface area (TPSA) is 31.9 Å². The molecule has 0 saturated carbocycles. The molecule has 0 saturated heterocycles. The van der Waals surface area contributed by atoms with Crippen molar-refractivity contribution in [1.29, 1.82) is 0 Å². The van der Waals surface area contributed by atoms with Gasteiger partial charge in [0.2, 0.25) is 0 Å². The molecule has 0 spiro atoms. The number of aromatic amines is 1. The summed E-state index contributed by atoms with van der Waals surface area (Å²) in [5, 5.41) is 7.35. The van der Waals surface area contributed by atoms with Crippen LogP contribution in [0.25, 0.3) is 0 Å². The predicted molar refractivity (Wildman–Crippen MR) is 66.6 cm³/mol. The largest absolute Gasteiger partial charge is 0.300 e. The summed E-state index contributed by atoms with van der Waals surface area (Å²) in [7, 11) is 0. The van der Waals surface area contributed by atoms with Gasteiger partial charge < -0.3 is 4.90 Å². The van der Waals surface area contributed by atoms with Crippen molar-refractivity contribution in [3.8, 4) is 0 Å². The lowest BCUT2D eigenvalue weighted by Gasteiger charge is -2.33. The van der Waals surface area contributed by atoms with Gasteiger partial charge in [0.1, 0.15) is 0 Å². The van der Waals surface area contributed by atoms with Gasteiger partial charge in [0, 0.05) is 18.7 Å². The molecule has 90 valence electrons. The quantitative estimate of drug-likeness (QED) is 0.828. The number of nitrogens with one attached hydrogen (secondary N) is 1. The van der Waals surface area contributed by atoms with Gasteiger partial charge in [-0.15, -0.1) is 0 Å². The van der Waals surface area contributed by atoms with Gasteiger partial charge in [0.25, 0.3) is 0 Å². The maximum absolute atomic E-state index is 4.36. The zero-order valence-corrected chi connectivity index (χ0v) is 10.5. The molecule has 0 amide bonds. The fourth-order valence-corrected chi connectivity index (χ4v) is 2.75. The summed E-state index contributed by atoms with van der Waals surface area (Å²) in [5.74, 6) is 0. The summed E-state index contributed by atoms with van der Waals surface area (Å²) < 4.78 is 0. The molecule has 0 bridgehead atoms. The van der Waals surface area contributed by atoms with Gasteiger partial charge in [-0.05, 0) is 44.3 Å². The van der Waals surface area contributed by atoms with Crippen LogP contribution in [0.5, 0.6) is 0 Å². The number of H-pyrrole nitrogens is 1. The summed E-state index contributed by atoms with van der Waals surface area (Å²) in [6.45, 7) is 7.01. The summed E-state index contributed by atoms with van der Waals surface area (Å²) in [4.78, 5) is 2.65. The Bertz CT molecular complexity index is 313. The van der Waals surface area contributed by atoms with Gasteiger partial charge in [-0.3, -0.25) is 5.10 Å². The summed E-state index contributed by atoms with van der Waals surface area (Å²) in [6, 6.07) is 0.718. The Balaban J connectivity index is 2.00. The Morgan fingerprint density at radius 2 is 2.12 bits per heavy atom. The van der Waals surface area contributed by atoms with Crippen molar-refractivity contribution in [3.05, 3.63) is 17.5 Å². The molecule has 0 aromatic carbocycles. The maximum atomic E-state index is 4.36. The van der Waals surface area contributed by atoms with Crippen molar-refractivity contribution in [3.63, 3.8) is 0 Å². The zero-order chi connectivity index (χ0) is 11.4. The molecule has 1 unspecified atom stereocenters. The Morgan fingerprint density at radius 1 is 1.38 bits per heavy atom. The lowest BCUT2D eigenvalue weighted by atomic mass is 9.92. The number of nitrogens with zero attached hydrogens (tertiary/aromatic N) is 2. The van der Waals surface area contributed by atoms with Crippen LogP contribution in [0.15, 0.2) is 6.20 Å². The lowest BCUT2D eigenvalue weighted by Crippen LogP contribution is -2.40. The highest BCUT2D eigenvalue weighted by Crippen LogP contribution is 2.23. The summed E-state index contributed by atoms with van der Waals surface area (Å²) in [5.41, 5.74) is 2.73. The highest BCUT2D eigenvalue weighted by molar-refractivity contribution is 5.20. The van der Waals surface area contributed by atoms with Crippen LogP contribution in [0.3, 0.4) is 0 Å². The van der Waals surface area contributed by atoms with Crippen LogP contribution in [0, 0.1) is 0 Å². The van der Waals surface area contributed by atoms with Crippen LogP contribution < -0.4 is 0 Å². The SMILES string of the molecule is CCCN(CCC)C1CCc2c[nH]nc2C1. The molecule has 1 heterocycles. The average molecular weight is 221 g/mol. The number of rotatable bonds is 5. The molecule has 1 aromatic heterocycles. The molecule has 1 aliphatic carbocycles. The van der Waals surface area contributed by atoms with Crippen LogP contribution in [0.1, 0.15) is 44.4 Å². The fourth-order valence-electron chi connectivity index (χ4n) is 2.75. The maximum Gasteiger partial charge on any atom is 0.0669 e. The second kappa shape index (κ2) is 5.48. The zero-order valence-electron chi connectivity index (χ0n) is 10.5. The van der Waals surface area contributed by atoms with E-state index in [-0.39, 0.29) is 0 Å². The smallest absolute Gasteiger partial charge is 0.0669 e. The molecular weight excluding hydrogens is 198 g/mol. The molecule has 1 N–H and O–H groups in total. The van der Waals surface area contributed by atoms with Crippen molar-refractivity contribution >= 4 is 0 Å². The third-order valence-electron chi connectivity index (χ3n) is 3.52. The molecule has 0 radical (unpaired) electrons. The third kappa shape index (κ3) is 2.46. The number of aromatic nitrogens is 2. The van der Waals surface area contributed by atoms with Crippen molar-refractivity contribution in [2.75, 3.05) is 13.1 Å².